The molecule has 0 bridgehead atoms. The fourth-order valence-corrected chi connectivity index (χ4v) is 5.33. The van der Waals surface area contributed by atoms with E-state index in [9.17, 15) is 9.59 Å². The van der Waals surface area contributed by atoms with Crippen LogP contribution in [0.1, 0.15) is 61.7 Å². The van der Waals surface area contributed by atoms with Gasteiger partial charge in [0.2, 0.25) is 0 Å². The smallest absolute Gasteiger partial charge is 0.252 e. The number of aryl methyl sites for hydroxylation is 1. The molecule has 36 heavy (non-hydrogen) atoms. The number of benzene rings is 2. The molecule has 3 aromatic rings. The molecule has 2 aromatic carbocycles. The first kappa shape index (κ1) is 23.8. The maximum absolute atomic E-state index is 13.8. The molecule has 0 aliphatic heterocycles. The summed E-state index contributed by atoms with van der Waals surface area (Å²) in [6, 6.07) is 21.6. The third-order valence-corrected chi connectivity index (χ3v) is 7.15. The van der Waals surface area contributed by atoms with Gasteiger partial charge >= 0.3 is 0 Å². The number of carbonyl (C=O) groups is 2. The molecule has 1 amide bonds. The number of hydrogen-bond acceptors (Lipinski definition) is 3. The Bertz CT molecular complexity index is 1400. The SMILES string of the molecule is CC1=C(C(=O)Nc2ccccc2)C(c2ccc(C)o2)C2C(=O)/C(=C\c3ccc(C(C)C)cc3)CC2=C1. The summed E-state index contributed by atoms with van der Waals surface area (Å²) in [6.07, 6.45) is 4.60. The number of para-hydroxylation sites is 1. The fraction of sp³-hybridized carbons (Fsp3) is 0.250. The molecule has 4 heteroatoms. The highest BCUT2D eigenvalue weighted by atomic mass is 16.3. The summed E-state index contributed by atoms with van der Waals surface area (Å²) in [5.74, 6) is 0.804. The second-order valence-corrected chi connectivity index (χ2v) is 10.1. The number of rotatable bonds is 5. The molecule has 1 saturated carbocycles. The van der Waals surface area contributed by atoms with Crippen molar-refractivity contribution in [2.75, 3.05) is 5.32 Å². The summed E-state index contributed by atoms with van der Waals surface area (Å²) >= 11 is 0. The van der Waals surface area contributed by atoms with Crippen molar-refractivity contribution >= 4 is 23.5 Å². The van der Waals surface area contributed by atoms with Gasteiger partial charge in [0.1, 0.15) is 11.5 Å². The van der Waals surface area contributed by atoms with Gasteiger partial charge in [0.05, 0.1) is 11.8 Å². The maximum atomic E-state index is 13.8. The zero-order chi connectivity index (χ0) is 25.4. The molecule has 2 atom stereocenters. The number of Topliss-reactive ketones (excluding diaryl/α,β-unsaturated/α-hetero) is 1. The Kier molecular flexibility index (Phi) is 6.36. The Labute approximate surface area is 212 Å². The number of fused-ring (bicyclic) bond motifs is 1. The van der Waals surface area contributed by atoms with Crippen LogP contribution in [-0.2, 0) is 9.59 Å². The van der Waals surface area contributed by atoms with E-state index in [1.165, 1.54) is 5.56 Å². The van der Waals surface area contributed by atoms with Crippen LogP contribution >= 0.6 is 0 Å². The lowest BCUT2D eigenvalue weighted by molar-refractivity contribution is -0.117. The van der Waals surface area contributed by atoms with Gasteiger partial charge in [-0.3, -0.25) is 9.59 Å². The van der Waals surface area contributed by atoms with Crippen LogP contribution in [0, 0.1) is 12.8 Å². The predicted molar refractivity (Wildman–Crippen MR) is 144 cm³/mol. The monoisotopic (exact) mass is 477 g/mol. The minimum Gasteiger partial charge on any atom is -0.466 e. The third-order valence-electron chi connectivity index (χ3n) is 7.15. The Morgan fingerprint density at radius 2 is 1.69 bits per heavy atom. The summed E-state index contributed by atoms with van der Waals surface area (Å²) < 4.78 is 6.03. The number of hydrogen-bond donors (Lipinski definition) is 1. The molecule has 4 nitrogen and oxygen atoms in total. The van der Waals surface area contributed by atoms with Crippen molar-refractivity contribution in [3.63, 3.8) is 0 Å². The Morgan fingerprint density at radius 1 is 0.972 bits per heavy atom. The van der Waals surface area contributed by atoms with E-state index in [1.54, 1.807) is 0 Å². The third kappa shape index (κ3) is 4.51. The standard InChI is InChI=1S/C32H31NO3/c1-19(2)23-13-11-22(12-14-23)17-25-18-24-16-20(3)28(32(35)33-26-8-6-5-7-9-26)30(29(24)31(25)34)27-15-10-21(4)36-27/h5-17,19,29-30H,18H2,1-4H3,(H,33,35)/b25-17-. The zero-order valence-electron chi connectivity index (χ0n) is 21.2. The highest BCUT2D eigenvalue weighted by Gasteiger charge is 2.46. The molecule has 1 N–H and O–H groups in total. The zero-order valence-corrected chi connectivity index (χ0v) is 21.2. The normalized spacial score (nSPS) is 20.6. The van der Waals surface area contributed by atoms with E-state index in [4.69, 9.17) is 4.42 Å². The molecule has 0 radical (unpaired) electrons. The molecule has 2 unspecified atom stereocenters. The van der Waals surface area contributed by atoms with Crippen molar-refractivity contribution in [2.45, 2.75) is 46.0 Å². The van der Waals surface area contributed by atoms with Crippen LogP contribution in [-0.4, -0.2) is 11.7 Å². The number of amides is 1. The van der Waals surface area contributed by atoms with Crippen LogP contribution in [0.5, 0.6) is 0 Å². The summed E-state index contributed by atoms with van der Waals surface area (Å²) in [5.41, 5.74) is 6.26. The molecule has 2 aliphatic carbocycles. The van der Waals surface area contributed by atoms with Crippen LogP contribution in [0.4, 0.5) is 5.69 Å². The molecule has 1 aromatic heterocycles. The van der Waals surface area contributed by atoms with Crippen molar-refractivity contribution < 1.29 is 14.0 Å². The van der Waals surface area contributed by atoms with Crippen LogP contribution in [0.2, 0.25) is 0 Å². The Hall–Kier alpha value is -3.92. The van der Waals surface area contributed by atoms with E-state index in [0.29, 0.717) is 23.7 Å². The average Bonchev–Trinajstić information content (AvgIpc) is 3.42. The second-order valence-electron chi connectivity index (χ2n) is 10.1. The molecule has 2 aliphatic rings. The Morgan fingerprint density at radius 3 is 2.33 bits per heavy atom. The Balaban J connectivity index is 1.52. The highest BCUT2D eigenvalue weighted by Crippen LogP contribution is 2.50. The quantitative estimate of drug-likeness (QED) is 0.391. The molecule has 5 rings (SSSR count). The topological polar surface area (TPSA) is 59.3 Å². The van der Waals surface area contributed by atoms with Gasteiger partial charge in [0.25, 0.3) is 5.91 Å². The van der Waals surface area contributed by atoms with Gasteiger partial charge in [0.15, 0.2) is 5.78 Å². The van der Waals surface area contributed by atoms with Gasteiger partial charge in [-0.1, -0.05) is 68.0 Å². The van der Waals surface area contributed by atoms with Crippen LogP contribution < -0.4 is 5.32 Å². The number of nitrogens with one attached hydrogen (secondary N) is 1. The van der Waals surface area contributed by atoms with Gasteiger partial charge in [0, 0.05) is 16.8 Å². The number of anilines is 1. The molecule has 0 spiro atoms. The molecule has 0 saturated heterocycles. The van der Waals surface area contributed by atoms with E-state index in [-0.39, 0.29) is 11.7 Å². The second kappa shape index (κ2) is 9.62. The van der Waals surface area contributed by atoms with Crippen molar-refractivity contribution in [1.82, 2.24) is 0 Å². The lowest BCUT2D eigenvalue weighted by Crippen LogP contribution is -2.30. The first-order valence-corrected chi connectivity index (χ1v) is 12.5. The molecular weight excluding hydrogens is 446 g/mol. The molecule has 182 valence electrons. The number of carbonyl (C=O) groups excluding carboxylic acids is 2. The van der Waals surface area contributed by atoms with Crippen molar-refractivity contribution in [2.24, 2.45) is 5.92 Å². The van der Waals surface area contributed by atoms with Crippen LogP contribution in [0.25, 0.3) is 6.08 Å². The highest BCUT2D eigenvalue weighted by molar-refractivity contribution is 6.11. The minimum atomic E-state index is -0.468. The summed E-state index contributed by atoms with van der Waals surface area (Å²) in [5, 5.41) is 3.02. The fourth-order valence-electron chi connectivity index (χ4n) is 5.33. The van der Waals surface area contributed by atoms with Crippen molar-refractivity contribution in [3.05, 3.63) is 118 Å². The first-order valence-electron chi connectivity index (χ1n) is 12.5. The average molecular weight is 478 g/mol. The maximum Gasteiger partial charge on any atom is 0.252 e. The van der Waals surface area contributed by atoms with E-state index >= 15 is 0 Å². The van der Waals surface area contributed by atoms with E-state index in [2.05, 4.69) is 43.4 Å². The molecular formula is C32H31NO3. The molecule has 1 fully saturated rings. The number of allylic oxidation sites excluding steroid dienone is 4. The van der Waals surface area contributed by atoms with Gasteiger partial charge in [-0.25, -0.2) is 0 Å². The lowest BCUT2D eigenvalue weighted by Gasteiger charge is -2.29. The van der Waals surface area contributed by atoms with Gasteiger partial charge < -0.3 is 9.73 Å². The van der Waals surface area contributed by atoms with Gasteiger partial charge in [-0.15, -0.1) is 0 Å². The minimum absolute atomic E-state index is 0.0609. The van der Waals surface area contributed by atoms with Crippen LogP contribution in [0.15, 0.2) is 99.5 Å². The summed E-state index contributed by atoms with van der Waals surface area (Å²) in [6.45, 7) is 8.17. The van der Waals surface area contributed by atoms with Gasteiger partial charge in [-0.05, 0) is 73.2 Å². The summed E-state index contributed by atoms with van der Waals surface area (Å²) in [7, 11) is 0. The number of ketones is 1. The van der Waals surface area contributed by atoms with Crippen LogP contribution in [0.3, 0.4) is 0 Å². The predicted octanol–water partition coefficient (Wildman–Crippen LogP) is 7.36. The largest absolute Gasteiger partial charge is 0.466 e. The van der Waals surface area contributed by atoms with Gasteiger partial charge in [-0.2, -0.15) is 0 Å². The van der Waals surface area contributed by atoms with Crippen molar-refractivity contribution in [1.29, 1.82) is 0 Å². The van der Waals surface area contributed by atoms with E-state index in [0.717, 1.165) is 33.7 Å². The lowest BCUT2D eigenvalue weighted by atomic mass is 9.74. The molecule has 1 heterocycles. The first-order chi connectivity index (χ1) is 17.3. The number of furan rings is 1. The van der Waals surface area contributed by atoms with Crippen molar-refractivity contribution in [3.8, 4) is 0 Å². The van der Waals surface area contributed by atoms with E-state index in [1.807, 2.05) is 68.5 Å². The summed E-state index contributed by atoms with van der Waals surface area (Å²) in [4.78, 5) is 27.4. The van der Waals surface area contributed by atoms with E-state index < -0.39 is 11.8 Å².